The Labute approximate surface area is 121 Å². The number of nitrogens with two attached hydrogens (primary N) is 1. The van der Waals surface area contributed by atoms with E-state index in [0.29, 0.717) is 23.4 Å². The number of carbonyl (C=O) groups excluding carboxylic acids is 2. The van der Waals surface area contributed by atoms with Gasteiger partial charge in [0.15, 0.2) is 0 Å². The van der Waals surface area contributed by atoms with Crippen LogP contribution in [0.4, 0.5) is 0 Å². The van der Waals surface area contributed by atoms with Crippen molar-refractivity contribution in [3.05, 3.63) is 21.9 Å². The normalized spacial score (nSPS) is 18.2. The van der Waals surface area contributed by atoms with Crippen LogP contribution in [0.25, 0.3) is 0 Å². The molecule has 0 aromatic carbocycles. The van der Waals surface area contributed by atoms with E-state index in [1.807, 2.05) is 0 Å². The highest BCUT2D eigenvalue weighted by molar-refractivity contribution is 7.12. The van der Waals surface area contributed by atoms with Crippen LogP contribution in [0, 0.1) is 11.8 Å². The Kier molecular flexibility index (Phi) is 4.77. The van der Waals surface area contributed by atoms with Gasteiger partial charge in [-0.25, -0.2) is 0 Å². The molecule has 1 aromatic heterocycles. The van der Waals surface area contributed by atoms with E-state index >= 15 is 0 Å². The van der Waals surface area contributed by atoms with Gasteiger partial charge in [0.1, 0.15) is 17.5 Å². The Balaban J connectivity index is 2.26. The third-order valence-electron chi connectivity index (χ3n) is 3.25. The van der Waals surface area contributed by atoms with Crippen molar-refractivity contribution in [1.29, 1.82) is 0 Å². The van der Waals surface area contributed by atoms with Crippen molar-refractivity contribution >= 4 is 23.2 Å². The molecule has 1 unspecified atom stereocenters. The van der Waals surface area contributed by atoms with Crippen LogP contribution in [0.2, 0.25) is 0 Å². The van der Waals surface area contributed by atoms with E-state index < -0.39 is 11.9 Å². The van der Waals surface area contributed by atoms with Crippen molar-refractivity contribution in [2.45, 2.75) is 25.3 Å². The van der Waals surface area contributed by atoms with Crippen LogP contribution in [0.5, 0.6) is 0 Å². The summed E-state index contributed by atoms with van der Waals surface area (Å²) in [5.74, 6) is 4.62. The summed E-state index contributed by atoms with van der Waals surface area (Å²) in [5, 5.41) is 10.5. The number of hydrogen-bond donors (Lipinski definition) is 2. The Morgan fingerprint density at radius 3 is 3.00 bits per heavy atom. The van der Waals surface area contributed by atoms with E-state index in [9.17, 15) is 9.59 Å². The fourth-order valence-electron chi connectivity index (χ4n) is 2.31. The number of rotatable bonds is 2. The quantitative estimate of drug-likeness (QED) is 0.782. The lowest BCUT2D eigenvalue weighted by atomic mass is 10.0. The van der Waals surface area contributed by atoms with Crippen molar-refractivity contribution in [2.75, 3.05) is 13.2 Å². The van der Waals surface area contributed by atoms with Gasteiger partial charge >= 0.3 is 0 Å². The van der Waals surface area contributed by atoms with Gasteiger partial charge in [-0.15, -0.1) is 11.3 Å². The number of aliphatic hydroxyl groups excluding tert-OH is 1. The van der Waals surface area contributed by atoms with Gasteiger partial charge in [-0.3, -0.25) is 9.59 Å². The fourth-order valence-corrected chi connectivity index (χ4v) is 3.11. The molecule has 1 saturated heterocycles. The highest BCUT2D eigenvalue weighted by Gasteiger charge is 2.32. The maximum Gasteiger partial charge on any atom is 0.265 e. The third kappa shape index (κ3) is 3.00. The van der Waals surface area contributed by atoms with Gasteiger partial charge in [-0.2, -0.15) is 0 Å². The summed E-state index contributed by atoms with van der Waals surface area (Å²) < 4.78 is 0. The van der Waals surface area contributed by atoms with Gasteiger partial charge in [0.25, 0.3) is 5.91 Å². The standard InChI is InChI=1S/C14H16N2O3S/c15-13(18)11-5-1-2-7-16(11)14(19)12-10(4-3-8-17)6-9-20-12/h6,9,11,17H,1-2,5,7-8H2,(H2,15,18). The van der Waals surface area contributed by atoms with Crippen LogP contribution in [0.1, 0.15) is 34.5 Å². The Morgan fingerprint density at radius 1 is 1.50 bits per heavy atom. The summed E-state index contributed by atoms with van der Waals surface area (Å²) in [5.41, 5.74) is 5.96. The number of piperidine rings is 1. The molecular weight excluding hydrogens is 276 g/mol. The number of primary amides is 1. The summed E-state index contributed by atoms with van der Waals surface area (Å²) >= 11 is 1.29. The van der Waals surface area contributed by atoms with Crippen molar-refractivity contribution in [2.24, 2.45) is 5.73 Å². The minimum absolute atomic E-state index is 0.203. The average molecular weight is 292 g/mol. The summed E-state index contributed by atoms with van der Waals surface area (Å²) in [6, 6.07) is 1.21. The van der Waals surface area contributed by atoms with Crippen molar-refractivity contribution in [3.63, 3.8) is 0 Å². The lowest BCUT2D eigenvalue weighted by Gasteiger charge is -2.33. The average Bonchev–Trinajstić information content (AvgIpc) is 2.92. The van der Waals surface area contributed by atoms with Crippen molar-refractivity contribution in [3.8, 4) is 11.8 Å². The lowest BCUT2D eigenvalue weighted by Crippen LogP contribution is -2.50. The highest BCUT2D eigenvalue weighted by Crippen LogP contribution is 2.24. The van der Waals surface area contributed by atoms with Crippen LogP contribution in [-0.2, 0) is 4.79 Å². The smallest absolute Gasteiger partial charge is 0.265 e. The zero-order valence-electron chi connectivity index (χ0n) is 11.0. The van der Waals surface area contributed by atoms with Crippen LogP contribution in [0.3, 0.4) is 0 Å². The predicted octanol–water partition coefficient (Wildman–Crippen LogP) is 0.572. The van der Waals surface area contributed by atoms with Crippen LogP contribution in [0.15, 0.2) is 11.4 Å². The number of thiophene rings is 1. The van der Waals surface area contributed by atoms with E-state index in [1.54, 1.807) is 16.3 Å². The minimum atomic E-state index is -0.531. The first-order valence-electron chi connectivity index (χ1n) is 6.42. The summed E-state index contributed by atoms with van der Waals surface area (Å²) in [4.78, 5) is 26.1. The highest BCUT2D eigenvalue weighted by atomic mass is 32.1. The largest absolute Gasteiger partial charge is 0.384 e. The van der Waals surface area contributed by atoms with Gasteiger partial charge in [0.05, 0.1) is 0 Å². The third-order valence-corrected chi connectivity index (χ3v) is 4.16. The molecule has 0 spiro atoms. The summed E-state index contributed by atoms with van der Waals surface area (Å²) in [7, 11) is 0. The lowest BCUT2D eigenvalue weighted by molar-refractivity contribution is -0.123. The molecule has 2 amide bonds. The maximum absolute atomic E-state index is 12.6. The number of aliphatic hydroxyl groups is 1. The predicted molar refractivity (Wildman–Crippen MR) is 76.2 cm³/mol. The van der Waals surface area contributed by atoms with Gasteiger partial charge in [-0.05, 0) is 30.7 Å². The molecule has 1 atom stereocenters. The molecule has 1 fully saturated rings. The molecule has 0 bridgehead atoms. The molecule has 106 valence electrons. The molecule has 5 nitrogen and oxygen atoms in total. The summed E-state index contributed by atoms with van der Waals surface area (Å²) in [6.07, 6.45) is 2.39. The maximum atomic E-state index is 12.6. The van der Waals surface area contributed by atoms with E-state index in [-0.39, 0.29) is 12.5 Å². The Hall–Kier alpha value is -1.84. The van der Waals surface area contributed by atoms with Gasteiger partial charge in [0.2, 0.25) is 5.91 Å². The molecule has 0 aliphatic carbocycles. The topological polar surface area (TPSA) is 83.6 Å². The van der Waals surface area contributed by atoms with Crippen LogP contribution >= 0.6 is 11.3 Å². The number of amides is 2. The van der Waals surface area contributed by atoms with Crippen LogP contribution in [-0.4, -0.2) is 41.0 Å². The number of nitrogens with zero attached hydrogens (tertiary/aromatic N) is 1. The summed E-state index contributed by atoms with van der Waals surface area (Å²) in [6.45, 7) is 0.286. The molecule has 1 aromatic rings. The van der Waals surface area contributed by atoms with Gasteiger partial charge in [0, 0.05) is 12.1 Å². The second-order valence-electron chi connectivity index (χ2n) is 4.54. The monoisotopic (exact) mass is 292 g/mol. The zero-order valence-corrected chi connectivity index (χ0v) is 11.8. The first kappa shape index (κ1) is 14.6. The second-order valence-corrected chi connectivity index (χ2v) is 5.45. The van der Waals surface area contributed by atoms with E-state index in [2.05, 4.69) is 11.8 Å². The number of hydrogen-bond acceptors (Lipinski definition) is 4. The molecule has 6 heteroatoms. The van der Waals surface area contributed by atoms with E-state index in [1.165, 1.54) is 11.3 Å². The molecule has 0 radical (unpaired) electrons. The molecule has 2 rings (SSSR count). The molecule has 1 aliphatic rings. The molecule has 2 heterocycles. The fraction of sp³-hybridized carbons (Fsp3) is 0.429. The van der Waals surface area contributed by atoms with Crippen molar-refractivity contribution in [1.82, 2.24) is 4.90 Å². The SMILES string of the molecule is NC(=O)C1CCCCN1C(=O)c1sccc1C#CCO. The number of likely N-dealkylation sites (tertiary alicyclic amines) is 1. The van der Waals surface area contributed by atoms with Crippen LogP contribution < -0.4 is 5.73 Å². The molecule has 0 saturated carbocycles. The minimum Gasteiger partial charge on any atom is -0.384 e. The molecule has 20 heavy (non-hydrogen) atoms. The molecule has 1 aliphatic heterocycles. The first-order valence-corrected chi connectivity index (χ1v) is 7.30. The van der Waals surface area contributed by atoms with Gasteiger partial charge < -0.3 is 15.7 Å². The first-order chi connectivity index (χ1) is 9.65. The molecular formula is C14H16N2O3S. The van der Waals surface area contributed by atoms with E-state index in [0.717, 1.165) is 12.8 Å². The van der Waals surface area contributed by atoms with Gasteiger partial charge in [-0.1, -0.05) is 11.8 Å². The van der Waals surface area contributed by atoms with E-state index in [4.69, 9.17) is 10.8 Å². The Bertz CT molecular complexity index is 570. The zero-order chi connectivity index (χ0) is 14.5. The number of carbonyl (C=O) groups is 2. The second kappa shape index (κ2) is 6.55. The Morgan fingerprint density at radius 2 is 2.30 bits per heavy atom. The molecule has 3 N–H and O–H groups in total. The van der Waals surface area contributed by atoms with Crippen molar-refractivity contribution < 1.29 is 14.7 Å².